The Morgan fingerprint density at radius 3 is 2.57 bits per heavy atom. The molecule has 21 heavy (non-hydrogen) atoms. The van der Waals surface area contributed by atoms with Crippen molar-refractivity contribution < 1.29 is 19.2 Å². The minimum absolute atomic E-state index is 0.0147. The molecule has 2 rings (SSSR count). The van der Waals surface area contributed by atoms with Gasteiger partial charge in [-0.25, -0.2) is 9.78 Å². The molecular formula is C13H9IN2O5. The molecule has 1 heterocycles. The van der Waals surface area contributed by atoms with Crippen molar-refractivity contribution >= 4 is 34.2 Å². The second-order valence-electron chi connectivity index (χ2n) is 3.85. The van der Waals surface area contributed by atoms with Crippen molar-refractivity contribution in [3.05, 3.63) is 55.8 Å². The van der Waals surface area contributed by atoms with Crippen LogP contribution in [0.4, 0.5) is 5.69 Å². The fourth-order valence-corrected chi connectivity index (χ4v) is 1.85. The van der Waals surface area contributed by atoms with Crippen molar-refractivity contribution in [1.82, 2.24) is 4.98 Å². The van der Waals surface area contributed by atoms with Gasteiger partial charge in [0.2, 0.25) is 0 Å². The molecule has 108 valence electrons. The summed E-state index contributed by atoms with van der Waals surface area (Å²) in [6.45, 7) is 0. The molecule has 0 aliphatic rings. The average Bonchev–Trinajstić information content (AvgIpc) is 2.49. The molecule has 8 heteroatoms. The average molecular weight is 400 g/mol. The van der Waals surface area contributed by atoms with Crippen LogP contribution in [0.3, 0.4) is 0 Å². The highest BCUT2D eigenvalue weighted by Crippen LogP contribution is 2.30. The summed E-state index contributed by atoms with van der Waals surface area (Å²) >= 11 is 2.13. The molecule has 0 atom stereocenters. The summed E-state index contributed by atoms with van der Waals surface area (Å²) in [4.78, 5) is 25.6. The van der Waals surface area contributed by atoms with Crippen LogP contribution < -0.4 is 4.74 Å². The highest BCUT2D eigenvalue weighted by atomic mass is 127. The molecule has 0 saturated carbocycles. The predicted molar refractivity (Wildman–Crippen MR) is 81.5 cm³/mol. The van der Waals surface area contributed by atoms with Gasteiger partial charge in [0.25, 0.3) is 5.88 Å². The highest BCUT2D eigenvalue weighted by Gasteiger charge is 2.21. The van der Waals surface area contributed by atoms with E-state index in [2.05, 4.69) is 32.3 Å². The summed E-state index contributed by atoms with van der Waals surface area (Å²) in [6.07, 6.45) is 1.17. The Morgan fingerprint density at radius 2 is 2.00 bits per heavy atom. The number of esters is 1. The van der Waals surface area contributed by atoms with Crippen LogP contribution in [0.2, 0.25) is 0 Å². The van der Waals surface area contributed by atoms with Gasteiger partial charge < -0.3 is 9.47 Å². The van der Waals surface area contributed by atoms with E-state index in [1.165, 1.54) is 13.3 Å². The molecule has 2 aromatic rings. The van der Waals surface area contributed by atoms with Gasteiger partial charge in [0.05, 0.1) is 17.6 Å². The molecule has 0 radical (unpaired) electrons. The topological polar surface area (TPSA) is 91.6 Å². The molecule has 0 unspecified atom stereocenters. The fourth-order valence-electron chi connectivity index (χ4n) is 1.49. The summed E-state index contributed by atoms with van der Waals surface area (Å²) in [5.74, 6) is -0.475. The van der Waals surface area contributed by atoms with E-state index in [4.69, 9.17) is 4.74 Å². The maximum Gasteiger partial charge on any atom is 0.339 e. The third-order valence-corrected chi connectivity index (χ3v) is 3.20. The Bertz CT molecular complexity index is 687. The zero-order chi connectivity index (χ0) is 15.4. The van der Waals surface area contributed by atoms with Crippen LogP contribution in [-0.4, -0.2) is 23.0 Å². The predicted octanol–water partition coefficient (Wildman–Crippen LogP) is 3.17. The van der Waals surface area contributed by atoms with E-state index in [0.717, 1.165) is 9.64 Å². The first-order valence-corrected chi connectivity index (χ1v) is 6.75. The van der Waals surface area contributed by atoms with E-state index >= 15 is 0 Å². The van der Waals surface area contributed by atoms with Gasteiger partial charge in [-0.05, 0) is 46.9 Å². The summed E-state index contributed by atoms with van der Waals surface area (Å²) in [5, 5.41) is 11.1. The largest absolute Gasteiger partial charge is 0.465 e. The van der Waals surface area contributed by atoms with Crippen LogP contribution in [0.5, 0.6) is 11.6 Å². The monoisotopic (exact) mass is 400 g/mol. The highest BCUT2D eigenvalue weighted by molar-refractivity contribution is 14.1. The number of aromatic nitrogens is 1. The number of hydrogen-bond acceptors (Lipinski definition) is 6. The van der Waals surface area contributed by atoms with Gasteiger partial charge >= 0.3 is 11.7 Å². The van der Waals surface area contributed by atoms with Crippen molar-refractivity contribution in [3.8, 4) is 11.6 Å². The zero-order valence-corrected chi connectivity index (χ0v) is 12.9. The lowest BCUT2D eigenvalue weighted by Gasteiger charge is -2.06. The molecule has 0 saturated heterocycles. The molecule has 0 aliphatic heterocycles. The Balaban J connectivity index is 2.36. The minimum atomic E-state index is -0.702. The number of carbonyl (C=O) groups excluding carboxylic acids is 1. The van der Waals surface area contributed by atoms with Crippen LogP contribution in [-0.2, 0) is 4.74 Å². The Labute approximate surface area is 133 Å². The maximum atomic E-state index is 11.4. The van der Waals surface area contributed by atoms with Crippen molar-refractivity contribution in [2.75, 3.05) is 7.11 Å². The van der Waals surface area contributed by atoms with Gasteiger partial charge in [-0.2, -0.15) is 0 Å². The standard InChI is InChI=1S/C13H9IN2O5/c1-20-13(17)8-6-11(16(18)19)12(15-7-8)21-10-4-2-9(14)3-5-10/h2-7H,1H3. The van der Waals surface area contributed by atoms with Crippen LogP contribution in [0.1, 0.15) is 10.4 Å². The van der Waals surface area contributed by atoms with Gasteiger partial charge in [-0.3, -0.25) is 10.1 Å². The first-order valence-electron chi connectivity index (χ1n) is 5.67. The lowest BCUT2D eigenvalue weighted by atomic mass is 10.2. The number of rotatable bonds is 4. The SMILES string of the molecule is COC(=O)c1cnc(Oc2ccc(I)cc2)c([N+](=O)[O-])c1. The molecule has 0 fully saturated rings. The Hall–Kier alpha value is -2.23. The second-order valence-corrected chi connectivity index (χ2v) is 5.10. The van der Waals surface area contributed by atoms with Gasteiger partial charge in [0.15, 0.2) is 0 Å². The van der Waals surface area contributed by atoms with Gasteiger partial charge in [0.1, 0.15) is 5.75 Å². The van der Waals surface area contributed by atoms with Crippen LogP contribution in [0, 0.1) is 13.7 Å². The van der Waals surface area contributed by atoms with E-state index in [1.54, 1.807) is 24.3 Å². The van der Waals surface area contributed by atoms with Gasteiger partial charge in [-0.15, -0.1) is 0 Å². The number of ether oxygens (including phenoxy) is 2. The summed E-state index contributed by atoms with van der Waals surface area (Å²) in [5.41, 5.74) is -0.421. The van der Waals surface area contributed by atoms with Crippen molar-refractivity contribution in [2.45, 2.75) is 0 Å². The number of nitrogens with zero attached hydrogens (tertiary/aromatic N) is 2. The molecule has 0 amide bonds. The van der Waals surface area contributed by atoms with Crippen LogP contribution in [0.25, 0.3) is 0 Å². The summed E-state index contributed by atoms with van der Waals surface area (Å²) in [6, 6.07) is 8.00. The molecule has 1 aromatic carbocycles. The number of methoxy groups -OCH3 is 1. The quantitative estimate of drug-likeness (QED) is 0.339. The number of benzene rings is 1. The number of hydrogen-bond donors (Lipinski definition) is 0. The lowest BCUT2D eigenvalue weighted by Crippen LogP contribution is -2.04. The summed E-state index contributed by atoms with van der Waals surface area (Å²) < 4.78 is 10.9. The molecule has 0 bridgehead atoms. The molecule has 7 nitrogen and oxygen atoms in total. The number of halogens is 1. The molecule has 0 N–H and O–H groups in total. The van der Waals surface area contributed by atoms with Crippen LogP contribution >= 0.6 is 22.6 Å². The minimum Gasteiger partial charge on any atom is -0.465 e. The van der Waals surface area contributed by atoms with E-state index in [1.807, 2.05) is 0 Å². The third-order valence-electron chi connectivity index (χ3n) is 2.48. The third kappa shape index (κ3) is 3.66. The van der Waals surface area contributed by atoms with Crippen LogP contribution in [0.15, 0.2) is 36.5 Å². The molecule has 0 aliphatic carbocycles. The van der Waals surface area contributed by atoms with E-state index in [9.17, 15) is 14.9 Å². The van der Waals surface area contributed by atoms with Crippen molar-refractivity contribution in [2.24, 2.45) is 0 Å². The Morgan fingerprint density at radius 1 is 1.33 bits per heavy atom. The number of carbonyl (C=O) groups is 1. The zero-order valence-electron chi connectivity index (χ0n) is 10.8. The van der Waals surface area contributed by atoms with E-state index < -0.39 is 16.6 Å². The van der Waals surface area contributed by atoms with E-state index in [-0.39, 0.29) is 11.4 Å². The summed E-state index contributed by atoms with van der Waals surface area (Å²) in [7, 11) is 1.18. The first-order chi connectivity index (χ1) is 10.0. The fraction of sp³-hybridized carbons (Fsp3) is 0.0769. The van der Waals surface area contributed by atoms with Crippen molar-refractivity contribution in [1.29, 1.82) is 0 Å². The second kappa shape index (κ2) is 6.48. The number of nitro groups is 1. The van der Waals surface area contributed by atoms with E-state index in [0.29, 0.717) is 5.75 Å². The molecule has 1 aromatic heterocycles. The normalized spacial score (nSPS) is 10.0. The molecular weight excluding hydrogens is 391 g/mol. The first kappa shape index (κ1) is 15.2. The molecule has 0 spiro atoms. The number of pyridine rings is 1. The van der Waals surface area contributed by atoms with Gasteiger partial charge in [0, 0.05) is 15.8 Å². The Kier molecular flexibility index (Phi) is 4.68. The van der Waals surface area contributed by atoms with Crippen molar-refractivity contribution in [3.63, 3.8) is 0 Å². The maximum absolute atomic E-state index is 11.4. The smallest absolute Gasteiger partial charge is 0.339 e. The lowest BCUT2D eigenvalue weighted by molar-refractivity contribution is -0.386. The van der Waals surface area contributed by atoms with Gasteiger partial charge in [-0.1, -0.05) is 0 Å².